The molecule has 3 amide bonds. The zero-order valence-corrected chi connectivity index (χ0v) is 14.3. The van der Waals surface area contributed by atoms with Crippen molar-refractivity contribution in [2.45, 2.75) is 25.4 Å². The van der Waals surface area contributed by atoms with Crippen LogP contribution in [0.4, 0.5) is 14.9 Å². The van der Waals surface area contributed by atoms with Gasteiger partial charge in [-0.25, -0.2) is 14.2 Å². The van der Waals surface area contributed by atoms with E-state index >= 15 is 0 Å². The number of benzene rings is 1. The highest BCUT2D eigenvalue weighted by molar-refractivity contribution is 6.05. The van der Waals surface area contributed by atoms with Gasteiger partial charge >= 0.3 is 6.03 Å². The smallest absolute Gasteiger partial charge is 0.325 e. The van der Waals surface area contributed by atoms with E-state index in [4.69, 9.17) is 9.47 Å². The summed E-state index contributed by atoms with van der Waals surface area (Å²) in [5.74, 6) is -0.123. The Bertz CT molecular complexity index is 835. The van der Waals surface area contributed by atoms with E-state index in [0.717, 1.165) is 11.8 Å². The normalized spacial score (nSPS) is 14.4. The van der Waals surface area contributed by atoms with Crippen LogP contribution >= 0.6 is 0 Å². The highest BCUT2D eigenvalue weighted by Gasteiger charge is 2.51. The summed E-state index contributed by atoms with van der Waals surface area (Å²) in [5, 5.41) is 4.86. The maximum atomic E-state index is 12.9. The first-order chi connectivity index (χ1) is 12.4. The number of nitrogens with one attached hydrogen (secondary N) is 2. The van der Waals surface area contributed by atoms with Crippen LogP contribution in [0, 0.1) is 12.7 Å². The number of carbonyl (C=O) groups excluding carboxylic acids is 2. The van der Waals surface area contributed by atoms with Gasteiger partial charge in [0.15, 0.2) is 0 Å². The van der Waals surface area contributed by atoms with Crippen molar-refractivity contribution in [1.82, 2.24) is 10.3 Å². The minimum atomic E-state index is -0.868. The van der Waals surface area contributed by atoms with Crippen molar-refractivity contribution < 1.29 is 23.5 Å². The minimum Gasteiger partial charge on any atom is -0.439 e. The number of anilines is 1. The van der Waals surface area contributed by atoms with Gasteiger partial charge < -0.3 is 14.8 Å². The number of halogens is 1. The van der Waals surface area contributed by atoms with E-state index in [1.54, 1.807) is 25.1 Å². The van der Waals surface area contributed by atoms with E-state index < -0.39 is 23.4 Å². The topological polar surface area (TPSA) is 89.5 Å². The molecule has 1 aliphatic rings. The van der Waals surface area contributed by atoms with Crippen LogP contribution in [0.3, 0.4) is 0 Å². The van der Waals surface area contributed by atoms with Crippen LogP contribution in [-0.4, -0.2) is 29.6 Å². The quantitative estimate of drug-likeness (QED) is 0.856. The summed E-state index contributed by atoms with van der Waals surface area (Å²) >= 11 is 0. The maximum Gasteiger partial charge on any atom is 0.325 e. The van der Waals surface area contributed by atoms with Crippen LogP contribution in [0.1, 0.15) is 18.4 Å². The standard InChI is InChI=1S/C18H18FN3O4/c1-11-9-13(21-17(24)22-16(23)18(25-2)7-8-18)4-5-14(11)26-15-6-3-12(19)10-20-15/h3-6,9-10H,7-8H2,1-2H3,(H2,21,22,23,24). The molecule has 0 radical (unpaired) electrons. The predicted molar refractivity (Wildman–Crippen MR) is 91.6 cm³/mol. The van der Waals surface area contributed by atoms with E-state index in [0.29, 0.717) is 24.3 Å². The monoisotopic (exact) mass is 359 g/mol. The molecule has 0 unspecified atom stereocenters. The molecule has 1 fully saturated rings. The second-order valence-corrected chi connectivity index (χ2v) is 6.00. The number of imide groups is 1. The average molecular weight is 359 g/mol. The van der Waals surface area contributed by atoms with E-state index in [9.17, 15) is 14.0 Å². The largest absolute Gasteiger partial charge is 0.439 e. The fourth-order valence-electron chi connectivity index (χ4n) is 2.39. The van der Waals surface area contributed by atoms with Gasteiger partial charge in [-0.2, -0.15) is 0 Å². The van der Waals surface area contributed by atoms with Crippen LogP contribution in [0.5, 0.6) is 11.6 Å². The predicted octanol–water partition coefficient (Wildman–Crippen LogP) is 3.15. The van der Waals surface area contributed by atoms with Crippen LogP contribution in [0.15, 0.2) is 36.5 Å². The molecule has 136 valence electrons. The van der Waals surface area contributed by atoms with Gasteiger partial charge in [0.05, 0.1) is 6.20 Å². The Hall–Kier alpha value is -3.00. The number of methoxy groups -OCH3 is 1. The Balaban J connectivity index is 1.61. The fraction of sp³-hybridized carbons (Fsp3) is 0.278. The molecule has 3 rings (SSSR count). The first-order valence-electron chi connectivity index (χ1n) is 7.99. The molecular weight excluding hydrogens is 341 g/mol. The molecule has 1 heterocycles. The van der Waals surface area contributed by atoms with Gasteiger partial charge in [0.25, 0.3) is 5.91 Å². The van der Waals surface area contributed by atoms with Gasteiger partial charge in [-0.1, -0.05) is 0 Å². The summed E-state index contributed by atoms with van der Waals surface area (Å²) in [4.78, 5) is 27.7. The van der Waals surface area contributed by atoms with Gasteiger partial charge in [-0.15, -0.1) is 0 Å². The average Bonchev–Trinajstić information content (AvgIpc) is 3.40. The Morgan fingerprint density at radius 3 is 2.58 bits per heavy atom. The van der Waals surface area contributed by atoms with Crippen LogP contribution < -0.4 is 15.4 Å². The van der Waals surface area contributed by atoms with Gasteiger partial charge in [0.1, 0.15) is 17.2 Å². The number of rotatable bonds is 5. The summed E-state index contributed by atoms with van der Waals surface area (Å²) in [6.07, 6.45) is 2.27. The first kappa shape index (κ1) is 17.8. The molecule has 2 N–H and O–H groups in total. The highest BCUT2D eigenvalue weighted by Crippen LogP contribution is 2.38. The second-order valence-electron chi connectivity index (χ2n) is 6.00. The van der Waals surface area contributed by atoms with Crippen molar-refractivity contribution >= 4 is 17.6 Å². The lowest BCUT2D eigenvalue weighted by atomic mass is 10.2. The minimum absolute atomic E-state index is 0.257. The Morgan fingerprint density at radius 1 is 1.23 bits per heavy atom. The van der Waals surface area contributed by atoms with Crippen molar-refractivity contribution in [3.8, 4) is 11.6 Å². The molecule has 8 heteroatoms. The number of ether oxygens (including phenoxy) is 2. The molecule has 1 aromatic carbocycles. The molecule has 1 aliphatic carbocycles. The van der Waals surface area contributed by atoms with Gasteiger partial charge in [-0.05, 0) is 49.6 Å². The summed E-state index contributed by atoms with van der Waals surface area (Å²) in [6, 6.07) is 7.00. The fourth-order valence-corrected chi connectivity index (χ4v) is 2.39. The van der Waals surface area contributed by atoms with E-state index in [-0.39, 0.29) is 5.88 Å². The number of hydrogen-bond acceptors (Lipinski definition) is 5. The molecule has 0 bridgehead atoms. The number of amides is 3. The Morgan fingerprint density at radius 2 is 2.00 bits per heavy atom. The molecular formula is C18H18FN3O4. The SMILES string of the molecule is COC1(C(=O)NC(=O)Nc2ccc(Oc3ccc(F)cn3)c(C)c2)CC1. The Labute approximate surface area is 149 Å². The van der Waals surface area contributed by atoms with E-state index in [1.807, 2.05) is 0 Å². The molecule has 7 nitrogen and oxygen atoms in total. The van der Waals surface area contributed by atoms with Crippen molar-refractivity contribution in [1.29, 1.82) is 0 Å². The molecule has 0 atom stereocenters. The summed E-state index contributed by atoms with van der Waals surface area (Å²) in [5.41, 5.74) is 0.359. The second kappa shape index (κ2) is 7.09. The summed E-state index contributed by atoms with van der Waals surface area (Å²) in [6.45, 7) is 1.79. The number of pyridine rings is 1. The third kappa shape index (κ3) is 3.97. The summed E-state index contributed by atoms with van der Waals surface area (Å²) in [7, 11) is 1.45. The maximum absolute atomic E-state index is 12.9. The van der Waals surface area contributed by atoms with E-state index in [1.165, 1.54) is 19.2 Å². The molecule has 26 heavy (non-hydrogen) atoms. The van der Waals surface area contributed by atoms with Gasteiger partial charge in [0.2, 0.25) is 5.88 Å². The molecule has 0 spiro atoms. The lowest BCUT2D eigenvalue weighted by Gasteiger charge is -2.14. The van der Waals surface area contributed by atoms with Crippen LogP contribution in [0.25, 0.3) is 0 Å². The van der Waals surface area contributed by atoms with Crippen LogP contribution in [0.2, 0.25) is 0 Å². The molecule has 1 aromatic heterocycles. The number of aromatic nitrogens is 1. The van der Waals surface area contributed by atoms with Gasteiger partial charge in [0, 0.05) is 18.9 Å². The van der Waals surface area contributed by atoms with Gasteiger partial charge in [-0.3, -0.25) is 10.1 Å². The third-order valence-electron chi connectivity index (χ3n) is 4.08. The lowest BCUT2D eigenvalue weighted by Crippen LogP contribution is -2.43. The van der Waals surface area contributed by atoms with Crippen LogP contribution in [-0.2, 0) is 9.53 Å². The van der Waals surface area contributed by atoms with Crippen molar-refractivity contribution in [3.05, 3.63) is 47.9 Å². The van der Waals surface area contributed by atoms with Crippen molar-refractivity contribution in [2.24, 2.45) is 0 Å². The zero-order chi connectivity index (χ0) is 18.7. The molecule has 0 aliphatic heterocycles. The lowest BCUT2D eigenvalue weighted by molar-refractivity contribution is -0.132. The first-order valence-corrected chi connectivity index (χ1v) is 7.99. The number of aryl methyl sites for hydroxylation is 1. The van der Waals surface area contributed by atoms with Crippen molar-refractivity contribution in [2.75, 3.05) is 12.4 Å². The number of hydrogen-bond donors (Lipinski definition) is 2. The highest BCUT2D eigenvalue weighted by atomic mass is 19.1. The Kier molecular flexibility index (Phi) is 4.85. The number of nitrogens with zero attached hydrogens (tertiary/aromatic N) is 1. The van der Waals surface area contributed by atoms with Crippen molar-refractivity contribution in [3.63, 3.8) is 0 Å². The zero-order valence-electron chi connectivity index (χ0n) is 14.3. The number of urea groups is 1. The number of carbonyl (C=O) groups is 2. The van der Waals surface area contributed by atoms with E-state index in [2.05, 4.69) is 15.6 Å². The molecule has 0 saturated heterocycles. The third-order valence-corrected chi connectivity index (χ3v) is 4.08. The summed E-state index contributed by atoms with van der Waals surface area (Å²) < 4.78 is 23.6. The molecule has 1 saturated carbocycles. The molecule has 2 aromatic rings.